The molecule has 0 aliphatic rings. The van der Waals surface area contributed by atoms with E-state index in [0.29, 0.717) is 0 Å². The predicted octanol–water partition coefficient (Wildman–Crippen LogP) is 3.88. The molecule has 1 nitrogen and oxygen atoms in total. The molecule has 0 saturated heterocycles. The normalized spacial score (nSPS) is 10.0. The summed E-state index contributed by atoms with van der Waals surface area (Å²) in [5.41, 5.74) is 5.44. The maximum atomic E-state index is 5.44. The Morgan fingerprint density at radius 2 is 0.933 bits per heavy atom. The minimum Gasteiger partial charge on any atom is -0.330 e. The Labute approximate surface area is 98.8 Å². The SMILES string of the molecule is CCCCCCCCCCCCCN.[B]. The summed E-state index contributed by atoms with van der Waals surface area (Å²) in [5, 5.41) is 0. The number of unbranched alkanes of at least 4 members (excludes halogenated alkanes) is 10. The van der Waals surface area contributed by atoms with Gasteiger partial charge in [0.05, 0.1) is 0 Å². The predicted molar refractivity (Wildman–Crippen MR) is 71.3 cm³/mol. The summed E-state index contributed by atoms with van der Waals surface area (Å²) in [6.45, 7) is 3.15. The fourth-order valence-corrected chi connectivity index (χ4v) is 1.81. The lowest BCUT2D eigenvalue weighted by Gasteiger charge is -2.01. The van der Waals surface area contributed by atoms with Crippen LogP contribution in [0.2, 0.25) is 0 Å². The van der Waals surface area contributed by atoms with Gasteiger partial charge in [-0.3, -0.25) is 0 Å². The molecule has 3 radical (unpaired) electrons. The molecule has 15 heavy (non-hydrogen) atoms. The standard InChI is InChI=1S/C13H29N.B/c1-2-3-4-5-6-7-8-9-10-11-12-13-14;/h2-14H2,1H3;. The van der Waals surface area contributed by atoms with E-state index in [1.807, 2.05) is 0 Å². The summed E-state index contributed by atoms with van der Waals surface area (Å²) in [6, 6.07) is 0. The third-order valence-corrected chi connectivity index (χ3v) is 2.81. The zero-order valence-corrected chi connectivity index (χ0v) is 10.6. The van der Waals surface area contributed by atoms with Gasteiger partial charge in [0.25, 0.3) is 0 Å². The van der Waals surface area contributed by atoms with E-state index in [1.165, 1.54) is 70.6 Å². The highest BCUT2D eigenvalue weighted by Gasteiger charge is 1.91. The van der Waals surface area contributed by atoms with Crippen LogP contribution in [0.5, 0.6) is 0 Å². The fourth-order valence-electron chi connectivity index (χ4n) is 1.81. The van der Waals surface area contributed by atoms with Crippen molar-refractivity contribution in [3.63, 3.8) is 0 Å². The van der Waals surface area contributed by atoms with Gasteiger partial charge >= 0.3 is 0 Å². The van der Waals surface area contributed by atoms with Gasteiger partial charge in [-0.1, -0.05) is 71.1 Å². The van der Waals surface area contributed by atoms with Crippen molar-refractivity contribution in [2.24, 2.45) is 5.73 Å². The second kappa shape index (κ2) is 16.5. The van der Waals surface area contributed by atoms with Gasteiger partial charge in [0, 0.05) is 8.41 Å². The first kappa shape index (κ1) is 17.4. The highest BCUT2D eigenvalue weighted by atomic mass is 14.5. The summed E-state index contributed by atoms with van der Waals surface area (Å²) >= 11 is 0. The smallest absolute Gasteiger partial charge is 0 e. The monoisotopic (exact) mass is 210 g/mol. The maximum absolute atomic E-state index is 5.44. The molecule has 2 N–H and O–H groups in total. The first-order valence-electron chi connectivity index (χ1n) is 6.62. The van der Waals surface area contributed by atoms with E-state index in [1.54, 1.807) is 0 Å². The number of rotatable bonds is 11. The van der Waals surface area contributed by atoms with Crippen LogP contribution in [0.3, 0.4) is 0 Å². The van der Waals surface area contributed by atoms with Crippen molar-refractivity contribution in [1.82, 2.24) is 0 Å². The van der Waals surface area contributed by atoms with Gasteiger partial charge < -0.3 is 5.73 Å². The molecule has 89 valence electrons. The molecule has 0 saturated carbocycles. The van der Waals surface area contributed by atoms with Crippen LogP contribution < -0.4 is 5.73 Å². The van der Waals surface area contributed by atoms with Crippen molar-refractivity contribution >= 4 is 8.41 Å². The van der Waals surface area contributed by atoms with Crippen molar-refractivity contribution in [1.29, 1.82) is 0 Å². The van der Waals surface area contributed by atoms with Gasteiger partial charge in [0.1, 0.15) is 0 Å². The quantitative estimate of drug-likeness (QED) is 0.406. The zero-order valence-electron chi connectivity index (χ0n) is 10.6. The summed E-state index contributed by atoms with van der Waals surface area (Å²) < 4.78 is 0. The Bertz CT molecular complexity index is 84.5. The molecule has 0 rings (SSSR count). The van der Waals surface area contributed by atoms with Gasteiger partial charge in [-0.05, 0) is 13.0 Å². The van der Waals surface area contributed by atoms with Gasteiger partial charge in [0.15, 0.2) is 0 Å². The van der Waals surface area contributed by atoms with E-state index in [0.717, 1.165) is 6.54 Å². The van der Waals surface area contributed by atoms with E-state index >= 15 is 0 Å². The minimum absolute atomic E-state index is 0. The van der Waals surface area contributed by atoms with Crippen LogP contribution in [0.1, 0.15) is 77.6 Å². The number of hydrogen-bond donors (Lipinski definition) is 1. The molecule has 0 atom stereocenters. The minimum atomic E-state index is 0. The molecule has 0 aromatic rings. The third kappa shape index (κ3) is 16.7. The van der Waals surface area contributed by atoms with Gasteiger partial charge in [-0.15, -0.1) is 0 Å². The Morgan fingerprint density at radius 3 is 1.27 bits per heavy atom. The molecule has 2 heteroatoms. The topological polar surface area (TPSA) is 26.0 Å². The van der Waals surface area contributed by atoms with Crippen LogP contribution in [0.15, 0.2) is 0 Å². The second-order valence-electron chi connectivity index (χ2n) is 4.32. The molecule has 0 fully saturated rings. The van der Waals surface area contributed by atoms with Crippen LogP contribution >= 0.6 is 0 Å². The molecule has 0 aliphatic heterocycles. The van der Waals surface area contributed by atoms with Crippen LogP contribution in [0.4, 0.5) is 0 Å². The Balaban J connectivity index is 0. The van der Waals surface area contributed by atoms with Crippen molar-refractivity contribution < 1.29 is 0 Å². The summed E-state index contributed by atoms with van der Waals surface area (Å²) in [6.07, 6.45) is 15.4. The first-order valence-corrected chi connectivity index (χ1v) is 6.62. The molecule has 0 aromatic carbocycles. The van der Waals surface area contributed by atoms with E-state index in [9.17, 15) is 0 Å². The van der Waals surface area contributed by atoms with E-state index in [2.05, 4.69) is 6.92 Å². The molecule has 0 heterocycles. The second-order valence-corrected chi connectivity index (χ2v) is 4.32. The van der Waals surface area contributed by atoms with Crippen molar-refractivity contribution in [2.75, 3.05) is 6.54 Å². The van der Waals surface area contributed by atoms with Gasteiger partial charge in [0.2, 0.25) is 0 Å². The fraction of sp³-hybridized carbons (Fsp3) is 1.00. The largest absolute Gasteiger partial charge is 0.330 e. The molecular formula is C13H29BN. The highest BCUT2D eigenvalue weighted by molar-refractivity contribution is 5.75. The van der Waals surface area contributed by atoms with Gasteiger partial charge in [-0.2, -0.15) is 0 Å². The lowest BCUT2D eigenvalue weighted by Crippen LogP contribution is -1.97. The average Bonchev–Trinajstić information content (AvgIpc) is 2.21. The van der Waals surface area contributed by atoms with E-state index < -0.39 is 0 Å². The van der Waals surface area contributed by atoms with Crippen molar-refractivity contribution in [3.05, 3.63) is 0 Å². The van der Waals surface area contributed by atoms with Crippen LogP contribution in [0.25, 0.3) is 0 Å². The number of hydrogen-bond acceptors (Lipinski definition) is 1. The lowest BCUT2D eigenvalue weighted by atomic mass is 10.1. The van der Waals surface area contributed by atoms with Crippen molar-refractivity contribution in [3.8, 4) is 0 Å². The zero-order chi connectivity index (χ0) is 10.5. The molecule has 0 aliphatic carbocycles. The maximum Gasteiger partial charge on any atom is 0 e. The van der Waals surface area contributed by atoms with Crippen LogP contribution in [0, 0.1) is 0 Å². The van der Waals surface area contributed by atoms with E-state index in [4.69, 9.17) is 5.73 Å². The Morgan fingerprint density at radius 1 is 0.600 bits per heavy atom. The van der Waals surface area contributed by atoms with E-state index in [-0.39, 0.29) is 8.41 Å². The Hall–Kier alpha value is 0.0249. The summed E-state index contributed by atoms with van der Waals surface area (Å²) in [7, 11) is 0. The molecular weight excluding hydrogens is 181 g/mol. The Kier molecular flexibility index (Phi) is 19.1. The first-order chi connectivity index (χ1) is 6.91. The third-order valence-electron chi connectivity index (χ3n) is 2.81. The number of nitrogens with two attached hydrogens (primary N) is 1. The average molecular weight is 210 g/mol. The molecule has 0 unspecified atom stereocenters. The summed E-state index contributed by atoms with van der Waals surface area (Å²) in [5.74, 6) is 0. The summed E-state index contributed by atoms with van der Waals surface area (Å²) in [4.78, 5) is 0. The lowest BCUT2D eigenvalue weighted by molar-refractivity contribution is 0.551. The highest BCUT2D eigenvalue weighted by Crippen LogP contribution is 2.10. The molecule has 0 spiro atoms. The molecule has 0 amide bonds. The van der Waals surface area contributed by atoms with Crippen LogP contribution in [-0.2, 0) is 0 Å². The molecule has 0 bridgehead atoms. The van der Waals surface area contributed by atoms with Crippen LogP contribution in [-0.4, -0.2) is 15.0 Å². The molecule has 0 aromatic heterocycles. The van der Waals surface area contributed by atoms with Gasteiger partial charge in [-0.25, -0.2) is 0 Å². The van der Waals surface area contributed by atoms with Crippen molar-refractivity contribution in [2.45, 2.75) is 77.6 Å².